The van der Waals surface area contributed by atoms with Crippen LogP contribution in [0.5, 0.6) is 0 Å². The first-order chi connectivity index (χ1) is 16.1. The monoisotopic (exact) mass is 469 g/mol. The van der Waals surface area contributed by atoms with E-state index < -0.39 is 0 Å². The average molecular weight is 470 g/mol. The smallest absolute Gasteiger partial charge is 0.208 e. The topological polar surface area (TPSA) is 66.2 Å². The summed E-state index contributed by atoms with van der Waals surface area (Å²) in [7, 11) is 0. The maximum Gasteiger partial charge on any atom is 0.208 e. The molecule has 3 heterocycles. The van der Waals surface area contributed by atoms with Crippen molar-refractivity contribution < 1.29 is 5.11 Å². The highest BCUT2D eigenvalue weighted by Gasteiger charge is 2.21. The van der Waals surface area contributed by atoms with Crippen LogP contribution in [0.2, 0.25) is 5.02 Å². The summed E-state index contributed by atoms with van der Waals surface area (Å²) in [5, 5.41) is 13.6. The van der Waals surface area contributed by atoms with Crippen LogP contribution in [-0.2, 0) is 6.54 Å². The van der Waals surface area contributed by atoms with Crippen molar-refractivity contribution in [2.45, 2.75) is 71.8 Å². The summed E-state index contributed by atoms with van der Waals surface area (Å²) in [5.41, 5.74) is 5.34. The van der Waals surface area contributed by atoms with Crippen molar-refractivity contribution in [2.75, 3.05) is 29.9 Å². The summed E-state index contributed by atoms with van der Waals surface area (Å²) in [5.74, 6) is 2.28. The van der Waals surface area contributed by atoms with Gasteiger partial charge in [-0.2, -0.15) is 0 Å². The molecule has 33 heavy (non-hydrogen) atoms. The van der Waals surface area contributed by atoms with Gasteiger partial charge in [-0.15, -0.1) is 0 Å². The van der Waals surface area contributed by atoms with Gasteiger partial charge in [0.05, 0.1) is 22.4 Å². The Morgan fingerprint density at radius 1 is 1.15 bits per heavy atom. The zero-order valence-electron chi connectivity index (χ0n) is 20.1. The second kappa shape index (κ2) is 10.7. The Bertz CT molecular complexity index is 1090. The molecule has 0 saturated carbocycles. The van der Waals surface area contributed by atoms with Crippen LogP contribution in [-0.4, -0.2) is 39.3 Å². The maximum absolute atomic E-state index is 9.35. The molecule has 6 nitrogen and oxygen atoms in total. The molecule has 2 aromatic heterocycles. The van der Waals surface area contributed by atoms with Gasteiger partial charge in [0.15, 0.2) is 0 Å². The van der Waals surface area contributed by atoms with E-state index in [2.05, 4.69) is 47.7 Å². The van der Waals surface area contributed by atoms with Gasteiger partial charge in [-0.1, -0.05) is 31.5 Å². The van der Waals surface area contributed by atoms with Crippen LogP contribution < -0.4 is 10.2 Å². The Labute approximate surface area is 202 Å². The van der Waals surface area contributed by atoms with Crippen molar-refractivity contribution in [3.05, 3.63) is 40.5 Å². The first kappa shape index (κ1) is 23.8. The summed E-state index contributed by atoms with van der Waals surface area (Å²) in [6.07, 6.45) is 8.15. The number of aliphatic hydroxyl groups is 1. The fourth-order valence-corrected chi connectivity index (χ4v) is 5.09. The Kier molecular flexibility index (Phi) is 7.76. The molecule has 0 bridgehead atoms. The molecular formula is C26H36ClN5O. The highest BCUT2D eigenvalue weighted by molar-refractivity contribution is 6.35. The van der Waals surface area contributed by atoms with Crippen LogP contribution in [0.3, 0.4) is 0 Å². The minimum atomic E-state index is 0.191. The highest BCUT2D eigenvalue weighted by atomic mass is 35.5. The quantitative estimate of drug-likeness (QED) is 0.335. The molecule has 0 radical (unpaired) electrons. The number of hydrogen-bond acceptors (Lipinski definition) is 5. The van der Waals surface area contributed by atoms with E-state index in [1.807, 2.05) is 12.3 Å². The van der Waals surface area contributed by atoms with Crippen LogP contribution >= 0.6 is 11.6 Å². The molecule has 0 atom stereocenters. The fourth-order valence-electron chi connectivity index (χ4n) is 4.90. The lowest BCUT2D eigenvalue weighted by atomic mass is 9.93. The Morgan fingerprint density at radius 3 is 2.58 bits per heavy atom. The van der Waals surface area contributed by atoms with E-state index in [-0.39, 0.29) is 6.61 Å². The standard InChI is InChI=1S/C26H36ClN5O/c1-4-19(5-2)20-10-11-21(27)24-25(20)32(14-8-9-15-33)26(30-24)29-22-17-28-23(16-18(22)3)31-12-6-7-13-31/h10-11,16-17,19,33H,4-9,12-15H2,1-3H3,(H,29,30). The summed E-state index contributed by atoms with van der Waals surface area (Å²) in [6, 6.07) is 6.30. The van der Waals surface area contributed by atoms with E-state index in [0.717, 1.165) is 79.4 Å². The predicted octanol–water partition coefficient (Wildman–Crippen LogP) is 6.41. The second-order valence-electron chi connectivity index (χ2n) is 9.04. The third-order valence-electron chi connectivity index (χ3n) is 6.86. The molecular weight excluding hydrogens is 434 g/mol. The molecule has 178 valence electrons. The van der Waals surface area contributed by atoms with Crippen LogP contribution in [0.4, 0.5) is 17.5 Å². The van der Waals surface area contributed by atoms with E-state index >= 15 is 0 Å². The summed E-state index contributed by atoms with van der Waals surface area (Å²) in [4.78, 5) is 12.0. The molecule has 0 unspecified atom stereocenters. The molecule has 4 rings (SSSR count). The third kappa shape index (κ3) is 4.97. The van der Waals surface area contributed by atoms with Crippen LogP contribution in [0.25, 0.3) is 11.0 Å². The predicted molar refractivity (Wildman–Crippen MR) is 138 cm³/mol. The normalized spacial score (nSPS) is 14.1. The summed E-state index contributed by atoms with van der Waals surface area (Å²) < 4.78 is 2.25. The average Bonchev–Trinajstić information content (AvgIpc) is 3.47. The number of rotatable bonds is 10. The number of aliphatic hydroxyl groups excluding tert-OH is 1. The van der Waals surface area contributed by atoms with Crippen molar-refractivity contribution in [1.29, 1.82) is 0 Å². The lowest BCUT2D eigenvalue weighted by Gasteiger charge is -2.19. The lowest BCUT2D eigenvalue weighted by Crippen LogP contribution is -2.19. The van der Waals surface area contributed by atoms with Gasteiger partial charge in [-0.3, -0.25) is 0 Å². The fraction of sp³-hybridized carbons (Fsp3) is 0.538. The first-order valence-corrected chi connectivity index (χ1v) is 12.7. The zero-order valence-corrected chi connectivity index (χ0v) is 20.8. The summed E-state index contributed by atoms with van der Waals surface area (Å²) in [6.45, 7) is 9.70. The van der Waals surface area contributed by atoms with E-state index in [1.165, 1.54) is 18.4 Å². The number of aryl methyl sites for hydroxylation is 2. The van der Waals surface area contributed by atoms with Gasteiger partial charge in [-0.25, -0.2) is 9.97 Å². The second-order valence-corrected chi connectivity index (χ2v) is 9.45. The number of fused-ring (bicyclic) bond motifs is 1. The number of imidazole rings is 1. The van der Waals surface area contributed by atoms with Gasteiger partial charge in [0.25, 0.3) is 0 Å². The molecule has 1 aliphatic rings. The van der Waals surface area contributed by atoms with Gasteiger partial charge in [-0.05, 0) is 74.6 Å². The Morgan fingerprint density at radius 2 is 1.91 bits per heavy atom. The molecule has 1 saturated heterocycles. The van der Waals surface area contributed by atoms with Gasteiger partial charge < -0.3 is 19.9 Å². The molecule has 1 aliphatic heterocycles. The van der Waals surface area contributed by atoms with E-state index in [9.17, 15) is 5.11 Å². The Balaban J connectivity index is 1.75. The summed E-state index contributed by atoms with van der Waals surface area (Å²) >= 11 is 6.63. The van der Waals surface area contributed by atoms with Crippen LogP contribution in [0.15, 0.2) is 24.4 Å². The number of halogens is 1. The molecule has 2 N–H and O–H groups in total. The largest absolute Gasteiger partial charge is 0.396 e. The van der Waals surface area contributed by atoms with Crippen molar-refractivity contribution in [3.8, 4) is 0 Å². The van der Waals surface area contributed by atoms with Crippen LogP contribution in [0.1, 0.15) is 69.4 Å². The van der Waals surface area contributed by atoms with Crippen LogP contribution in [0, 0.1) is 6.92 Å². The number of anilines is 3. The number of aromatic nitrogens is 3. The lowest BCUT2D eigenvalue weighted by molar-refractivity contribution is 0.281. The highest BCUT2D eigenvalue weighted by Crippen LogP contribution is 2.37. The van der Waals surface area contributed by atoms with E-state index in [4.69, 9.17) is 21.6 Å². The number of benzene rings is 1. The number of pyridine rings is 1. The molecule has 0 spiro atoms. The molecule has 3 aromatic rings. The number of nitrogens with zero attached hydrogens (tertiary/aromatic N) is 4. The molecule has 0 aliphatic carbocycles. The van der Waals surface area contributed by atoms with Crippen molar-refractivity contribution in [3.63, 3.8) is 0 Å². The third-order valence-corrected chi connectivity index (χ3v) is 7.17. The van der Waals surface area contributed by atoms with Crippen molar-refractivity contribution in [2.24, 2.45) is 0 Å². The van der Waals surface area contributed by atoms with Crippen molar-refractivity contribution >= 4 is 40.1 Å². The zero-order chi connectivity index (χ0) is 23.4. The van der Waals surface area contributed by atoms with Gasteiger partial charge >= 0.3 is 0 Å². The molecule has 0 amide bonds. The first-order valence-electron chi connectivity index (χ1n) is 12.3. The van der Waals surface area contributed by atoms with Gasteiger partial charge in [0.2, 0.25) is 5.95 Å². The van der Waals surface area contributed by atoms with E-state index in [1.54, 1.807) is 0 Å². The molecule has 1 fully saturated rings. The minimum Gasteiger partial charge on any atom is -0.396 e. The maximum atomic E-state index is 9.35. The number of nitrogens with one attached hydrogen (secondary N) is 1. The van der Waals surface area contributed by atoms with E-state index in [0.29, 0.717) is 10.9 Å². The minimum absolute atomic E-state index is 0.191. The SMILES string of the molecule is CCC(CC)c1ccc(Cl)c2nc(Nc3cnc(N4CCCC4)cc3C)n(CCCCO)c12. The molecule has 1 aromatic carbocycles. The Hall–Kier alpha value is -2.31. The van der Waals surface area contributed by atoms with Gasteiger partial charge in [0.1, 0.15) is 11.3 Å². The molecule has 7 heteroatoms. The van der Waals surface area contributed by atoms with Crippen molar-refractivity contribution in [1.82, 2.24) is 14.5 Å². The number of unbranched alkanes of at least 4 members (excludes halogenated alkanes) is 1. The van der Waals surface area contributed by atoms with Gasteiger partial charge in [0, 0.05) is 26.2 Å². The number of hydrogen-bond donors (Lipinski definition) is 2.